The first-order chi connectivity index (χ1) is 8.16. The second-order valence-corrected chi connectivity index (χ2v) is 5.49. The Labute approximate surface area is 105 Å². The smallest absolute Gasteiger partial charge is 0.398 e. The second-order valence-electron chi connectivity index (χ2n) is 5.49. The number of hydrogen-bond acceptors (Lipinski definition) is 3. The molecule has 18 heavy (non-hydrogen) atoms. The molecule has 0 atom stereocenters. The van der Waals surface area contributed by atoms with Crippen molar-refractivity contribution < 1.29 is 18.1 Å². The number of hydrogen-bond donors (Lipinski definition) is 0. The van der Waals surface area contributed by atoms with Crippen LogP contribution in [0.1, 0.15) is 39.9 Å². The molecule has 1 aromatic rings. The molecule has 4 nitrogen and oxygen atoms in total. The minimum absolute atomic E-state index is 0.278. The van der Waals surface area contributed by atoms with Gasteiger partial charge in [0, 0.05) is 13.2 Å². The lowest BCUT2D eigenvalue weighted by atomic mass is 9.85. The average Bonchev–Trinajstić information content (AvgIpc) is 2.66. The predicted octanol–water partition coefficient (Wildman–Crippen LogP) is 1.66. The van der Waals surface area contributed by atoms with Crippen LogP contribution in [0.3, 0.4) is 0 Å². The summed E-state index contributed by atoms with van der Waals surface area (Å²) >= 11 is 0. The van der Waals surface area contributed by atoms with Crippen molar-refractivity contribution in [2.24, 2.45) is 7.05 Å². The first kappa shape index (κ1) is 13.5. The van der Waals surface area contributed by atoms with Crippen molar-refractivity contribution in [1.29, 1.82) is 0 Å². The topological polar surface area (TPSA) is 36.3 Å². The van der Waals surface area contributed by atoms with Crippen molar-refractivity contribution in [3.8, 4) is 0 Å². The number of imidazole rings is 1. The van der Waals surface area contributed by atoms with Gasteiger partial charge in [-0.25, -0.2) is 13.8 Å². The lowest BCUT2D eigenvalue weighted by Gasteiger charge is -2.32. The van der Waals surface area contributed by atoms with Gasteiger partial charge in [-0.1, -0.05) is 0 Å². The minimum Gasteiger partial charge on any atom is -0.398 e. The van der Waals surface area contributed by atoms with E-state index in [1.165, 1.54) is 17.8 Å². The monoisotopic (exact) mass is 258 g/mol. The normalized spacial score (nSPS) is 21.9. The van der Waals surface area contributed by atoms with Crippen LogP contribution in [0, 0.1) is 0 Å². The van der Waals surface area contributed by atoms with Gasteiger partial charge in [-0.05, 0) is 27.7 Å². The zero-order valence-electron chi connectivity index (χ0n) is 11.2. The van der Waals surface area contributed by atoms with Crippen LogP contribution in [-0.4, -0.2) is 27.9 Å². The van der Waals surface area contributed by atoms with Gasteiger partial charge in [0.05, 0.1) is 16.8 Å². The molecule has 0 radical (unpaired) electrons. The largest absolute Gasteiger partial charge is 0.514 e. The summed E-state index contributed by atoms with van der Waals surface area (Å²) in [6.07, 6.45) is -1.23. The third-order valence-corrected chi connectivity index (χ3v) is 3.75. The van der Waals surface area contributed by atoms with Gasteiger partial charge in [0.1, 0.15) is 0 Å². The fourth-order valence-electron chi connectivity index (χ4n) is 1.82. The second kappa shape index (κ2) is 4.03. The molecule has 1 saturated heterocycles. The quantitative estimate of drug-likeness (QED) is 0.757. The third-order valence-electron chi connectivity index (χ3n) is 3.75. The Morgan fingerprint density at radius 1 is 1.22 bits per heavy atom. The summed E-state index contributed by atoms with van der Waals surface area (Å²) < 4.78 is 38.3. The van der Waals surface area contributed by atoms with E-state index < -0.39 is 24.7 Å². The van der Waals surface area contributed by atoms with Crippen molar-refractivity contribution in [3.05, 3.63) is 12.0 Å². The maximum atomic E-state index is 12.7. The van der Waals surface area contributed by atoms with E-state index in [1.54, 1.807) is 0 Å². The molecular formula is C11H17BF2N2O2. The van der Waals surface area contributed by atoms with Crippen LogP contribution < -0.4 is 5.59 Å². The highest BCUT2D eigenvalue weighted by molar-refractivity contribution is 6.61. The molecule has 0 N–H and O–H groups in total. The summed E-state index contributed by atoms with van der Waals surface area (Å²) in [4.78, 5) is 3.71. The van der Waals surface area contributed by atoms with Crippen LogP contribution in [0.4, 0.5) is 8.78 Å². The molecule has 0 bridgehead atoms. The Morgan fingerprint density at radius 3 is 2.11 bits per heavy atom. The summed E-state index contributed by atoms with van der Waals surface area (Å²) in [5.41, 5.74) is -0.483. The zero-order valence-corrected chi connectivity index (χ0v) is 11.2. The molecule has 0 aromatic carbocycles. The fourth-order valence-corrected chi connectivity index (χ4v) is 1.82. The molecule has 2 rings (SSSR count). The molecule has 7 heteroatoms. The van der Waals surface area contributed by atoms with E-state index in [0.717, 1.165) is 0 Å². The van der Waals surface area contributed by atoms with Crippen LogP contribution in [0.25, 0.3) is 0 Å². The Morgan fingerprint density at radius 2 is 1.72 bits per heavy atom. The molecule has 0 saturated carbocycles. The molecule has 1 aromatic heterocycles. The van der Waals surface area contributed by atoms with E-state index in [4.69, 9.17) is 9.31 Å². The summed E-state index contributed by atoms with van der Waals surface area (Å²) in [7, 11) is 0.870. The van der Waals surface area contributed by atoms with Crippen LogP contribution in [0.5, 0.6) is 0 Å². The van der Waals surface area contributed by atoms with Crippen LogP contribution >= 0.6 is 0 Å². The Balaban J connectivity index is 2.30. The van der Waals surface area contributed by atoms with Crippen LogP contribution in [-0.2, 0) is 16.4 Å². The molecule has 100 valence electrons. The van der Waals surface area contributed by atoms with Crippen molar-refractivity contribution in [2.45, 2.75) is 45.3 Å². The number of halogens is 2. The molecule has 0 spiro atoms. The summed E-state index contributed by atoms with van der Waals surface area (Å²) in [6, 6.07) is 0. The van der Waals surface area contributed by atoms with Crippen molar-refractivity contribution in [3.63, 3.8) is 0 Å². The lowest BCUT2D eigenvalue weighted by molar-refractivity contribution is 0.00578. The maximum Gasteiger partial charge on any atom is 0.514 e. The summed E-state index contributed by atoms with van der Waals surface area (Å²) in [5, 5.41) is 0. The minimum atomic E-state index is -2.61. The molecule has 2 heterocycles. The lowest BCUT2D eigenvalue weighted by Crippen LogP contribution is -2.41. The standard InChI is InChI=1S/C11H17BF2N2O2/c1-10(2)11(3,4)18-12(17-10)7-6-15-9(8(13)14)16(7)5/h6,8H,1-5H3. The van der Waals surface area contributed by atoms with Gasteiger partial charge in [0.2, 0.25) is 0 Å². The average molecular weight is 258 g/mol. The van der Waals surface area contributed by atoms with Gasteiger partial charge in [-0.15, -0.1) is 0 Å². The van der Waals surface area contributed by atoms with Gasteiger partial charge in [-0.2, -0.15) is 0 Å². The van der Waals surface area contributed by atoms with Crippen LogP contribution in [0.2, 0.25) is 0 Å². The first-order valence-corrected chi connectivity index (χ1v) is 5.81. The molecular weight excluding hydrogens is 241 g/mol. The molecule has 1 aliphatic rings. The Bertz CT molecular complexity index is 444. The van der Waals surface area contributed by atoms with Gasteiger partial charge >= 0.3 is 7.12 Å². The molecule has 0 amide bonds. The highest BCUT2D eigenvalue weighted by atomic mass is 19.3. The van der Waals surface area contributed by atoms with Gasteiger partial charge in [-0.3, -0.25) is 0 Å². The number of nitrogens with zero attached hydrogens (tertiary/aromatic N) is 2. The van der Waals surface area contributed by atoms with Crippen molar-refractivity contribution in [2.75, 3.05) is 0 Å². The summed E-state index contributed by atoms with van der Waals surface area (Å²) in [5.74, 6) is -0.278. The number of alkyl halides is 2. The first-order valence-electron chi connectivity index (χ1n) is 5.81. The Hall–Kier alpha value is -0.945. The van der Waals surface area contributed by atoms with Crippen molar-refractivity contribution in [1.82, 2.24) is 9.55 Å². The van der Waals surface area contributed by atoms with E-state index in [0.29, 0.717) is 5.59 Å². The molecule has 0 unspecified atom stereocenters. The van der Waals surface area contributed by atoms with E-state index in [2.05, 4.69) is 4.98 Å². The number of rotatable bonds is 2. The van der Waals surface area contributed by atoms with Gasteiger partial charge in [0.25, 0.3) is 6.43 Å². The SMILES string of the molecule is Cn1c(B2OC(C)(C)C(C)(C)O2)cnc1C(F)F. The Kier molecular flexibility index (Phi) is 3.02. The van der Waals surface area contributed by atoms with E-state index >= 15 is 0 Å². The third kappa shape index (κ3) is 1.95. The van der Waals surface area contributed by atoms with E-state index in [-0.39, 0.29) is 5.82 Å². The van der Waals surface area contributed by atoms with Gasteiger partial charge in [0.15, 0.2) is 5.82 Å². The summed E-state index contributed by atoms with van der Waals surface area (Å²) in [6.45, 7) is 7.66. The predicted molar refractivity (Wildman–Crippen MR) is 63.9 cm³/mol. The van der Waals surface area contributed by atoms with E-state index in [1.807, 2.05) is 27.7 Å². The molecule has 0 aliphatic carbocycles. The number of aromatic nitrogens is 2. The van der Waals surface area contributed by atoms with Gasteiger partial charge < -0.3 is 13.9 Å². The van der Waals surface area contributed by atoms with Crippen molar-refractivity contribution >= 4 is 12.7 Å². The highest BCUT2D eigenvalue weighted by Crippen LogP contribution is 2.36. The highest BCUT2D eigenvalue weighted by Gasteiger charge is 2.52. The maximum absolute atomic E-state index is 12.7. The fraction of sp³-hybridized carbons (Fsp3) is 0.727. The molecule has 1 fully saturated rings. The molecule has 1 aliphatic heterocycles. The van der Waals surface area contributed by atoms with Crippen LogP contribution in [0.15, 0.2) is 6.20 Å². The van der Waals surface area contributed by atoms with E-state index in [9.17, 15) is 8.78 Å². The zero-order chi connectivity index (χ0) is 13.7.